The van der Waals surface area contributed by atoms with Crippen molar-refractivity contribution < 1.29 is 13.9 Å². The van der Waals surface area contributed by atoms with Gasteiger partial charge in [-0.25, -0.2) is 4.39 Å². The number of hydrogen-bond acceptors (Lipinski definition) is 3. The topological polar surface area (TPSA) is 30.5 Å². The summed E-state index contributed by atoms with van der Waals surface area (Å²) in [6.45, 7) is 3.81. The number of ether oxygens (including phenoxy) is 2. The van der Waals surface area contributed by atoms with Gasteiger partial charge in [0.05, 0.1) is 7.11 Å². The van der Waals surface area contributed by atoms with E-state index in [1.54, 1.807) is 12.1 Å². The molecule has 0 unspecified atom stereocenters. The molecule has 3 nitrogen and oxygen atoms in total. The van der Waals surface area contributed by atoms with Crippen molar-refractivity contribution in [1.82, 2.24) is 5.32 Å². The summed E-state index contributed by atoms with van der Waals surface area (Å²) in [4.78, 5) is 0. The van der Waals surface area contributed by atoms with E-state index in [-0.39, 0.29) is 17.2 Å². The molecular formula is C13H18FNO2. The van der Waals surface area contributed by atoms with Crippen molar-refractivity contribution in [3.05, 3.63) is 24.0 Å². The highest BCUT2D eigenvalue weighted by molar-refractivity contribution is 5.41. The van der Waals surface area contributed by atoms with Crippen LogP contribution in [0.4, 0.5) is 4.39 Å². The van der Waals surface area contributed by atoms with Crippen LogP contribution in [0.25, 0.3) is 0 Å². The highest BCUT2D eigenvalue weighted by atomic mass is 19.1. The minimum Gasteiger partial charge on any atom is -0.493 e. The first-order valence-electron chi connectivity index (χ1n) is 5.87. The Morgan fingerprint density at radius 2 is 2.00 bits per heavy atom. The number of rotatable bonds is 3. The fraction of sp³-hybridized carbons (Fsp3) is 0.538. The van der Waals surface area contributed by atoms with Crippen LogP contribution in [-0.2, 0) is 0 Å². The predicted octanol–water partition coefficient (Wildman–Crippen LogP) is 2.36. The van der Waals surface area contributed by atoms with E-state index < -0.39 is 0 Å². The van der Waals surface area contributed by atoms with Gasteiger partial charge < -0.3 is 14.8 Å². The lowest BCUT2D eigenvalue weighted by molar-refractivity contribution is 0.0484. The second-order valence-corrected chi connectivity index (χ2v) is 4.57. The van der Waals surface area contributed by atoms with Gasteiger partial charge in [-0.1, -0.05) is 6.07 Å². The van der Waals surface area contributed by atoms with Crippen molar-refractivity contribution in [3.8, 4) is 11.5 Å². The SMILES string of the molecule is COc1cccc(F)c1OC1(C)CCNCC1. The van der Waals surface area contributed by atoms with E-state index in [0.717, 1.165) is 25.9 Å². The Morgan fingerprint density at radius 1 is 1.29 bits per heavy atom. The van der Waals surface area contributed by atoms with Crippen LogP contribution in [0.3, 0.4) is 0 Å². The van der Waals surface area contributed by atoms with Gasteiger partial charge in [-0.2, -0.15) is 0 Å². The summed E-state index contributed by atoms with van der Waals surface area (Å²) in [6.07, 6.45) is 1.73. The zero-order valence-corrected chi connectivity index (χ0v) is 10.3. The monoisotopic (exact) mass is 239 g/mol. The van der Waals surface area contributed by atoms with Crippen molar-refractivity contribution in [2.45, 2.75) is 25.4 Å². The molecule has 0 aliphatic carbocycles. The lowest BCUT2D eigenvalue weighted by Gasteiger charge is -2.35. The largest absolute Gasteiger partial charge is 0.493 e. The van der Waals surface area contributed by atoms with Gasteiger partial charge in [0.15, 0.2) is 17.3 Å². The van der Waals surface area contributed by atoms with Crippen molar-refractivity contribution in [1.29, 1.82) is 0 Å². The van der Waals surface area contributed by atoms with Crippen molar-refractivity contribution in [2.75, 3.05) is 20.2 Å². The van der Waals surface area contributed by atoms with E-state index in [4.69, 9.17) is 9.47 Å². The molecule has 1 saturated heterocycles. The molecule has 1 aromatic rings. The second kappa shape index (κ2) is 4.92. The summed E-state index contributed by atoms with van der Waals surface area (Å²) < 4.78 is 24.7. The van der Waals surface area contributed by atoms with Crippen LogP contribution < -0.4 is 14.8 Å². The van der Waals surface area contributed by atoms with E-state index in [0.29, 0.717) is 5.75 Å². The van der Waals surface area contributed by atoms with Gasteiger partial charge in [0.25, 0.3) is 0 Å². The number of para-hydroxylation sites is 1. The average Bonchev–Trinajstić information content (AvgIpc) is 2.32. The number of piperidine rings is 1. The van der Waals surface area contributed by atoms with Crippen LogP contribution in [0.5, 0.6) is 11.5 Å². The Kier molecular flexibility index (Phi) is 3.52. The first-order chi connectivity index (χ1) is 8.14. The summed E-state index contributed by atoms with van der Waals surface area (Å²) in [7, 11) is 1.52. The molecule has 4 heteroatoms. The fourth-order valence-corrected chi connectivity index (χ4v) is 2.05. The molecule has 0 atom stereocenters. The van der Waals surface area contributed by atoms with Crippen LogP contribution in [0, 0.1) is 5.82 Å². The minimum absolute atomic E-state index is 0.222. The molecule has 1 aliphatic rings. The number of halogens is 1. The fourth-order valence-electron chi connectivity index (χ4n) is 2.05. The summed E-state index contributed by atoms with van der Waals surface area (Å²) in [5.74, 6) is 0.299. The summed E-state index contributed by atoms with van der Waals surface area (Å²) >= 11 is 0. The maximum Gasteiger partial charge on any atom is 0.197 e. The van der Waals surface area contributed by atoms with Gasteiger partial charge in [-0.3, -0.25) is 0 Å². The van der Waals surface area contributed by atoms with Gasteiger partial charge in [-0.15, -0.1) is 0 Å². The van der Waals surface area contributed by atoms with Gasteiger partial charge in [0.1, 0.15) is 5.60 Å². The Morgan fingerprint density at radius 3 is 2.65 bits per heavy atom. The number of benzene rings is 1. The van der Waals surface area contributed by atoms with Gasteiger partial charge in [0.2, 0.25) is 0 Å². The lowest BCUT2D eigenvalue weighted by Crippen LogP contribution is -2.44. The molecule has 0 saturated carbocycles. The van der Waals surface area contributed by atoms with Gasteiger partial charge in [0, 0.05) is 0 Å². The standard InChI is InChI=1S/C13H18FNO2/c1-13(6-8-15-9-7-13)17-12-10(14)4-3-5-11(12)16-2/h3-5,15H,6-9H2,1-2H3. The van der Waals surface area contributed by atoms with Crippen LogP contribution >= 0.6 is 0 Å². The predicted molar refractivity (Wildman–Crippen MR) is 64.1 cm³/mol. The van der Waals surface area contributed by atoms with Crippen molar-refractivity contribution in [2.24, 2.45) is 0 Å². The summed E-state index contributed by atoms with van der Waals surface area (Å²) in [5.41, 5.74) is -0.319. The highest BCUT2D eigenvalue weighted by Gasteiger charge is 2.30. The Balaban J connectivity index is 2.22. The highest BCUT2D eigenvalue weighted by Crippen LogP contribution is 2.35. The van der Waals surface area contributed by atoms with Crippen molar-refractivity contribution >= 4 is 0 Å². The molecular weight excluding hydrogens is 221 g/mol. The van der Waals surface area contributed by atoms with Crippen LogP contribution in [0.15, 0.2) is 18.2 Å². The second-order valence-electron chi connectivity index (χ2n) is 4.57. The molecule has 1 heterocycles. The van der Waals surface area contributed by atoms with E-state index in [1.807, 2.05) is 6.92 Å². The number of methoxy groups -OCH3 is 1. The van der Waals surface area contributed by atoms with E-state index in [2.05, 4.69) is 5.32 Å². The molecule has 1 aliphatic heterocycles. The van der Waals surface area contributed by atoms with Crippen LogP contribution in [0.2, 0.25) is 0 Å². The first kappa shape index (κ1) is 12.2. The zero-order valence-electron chi connectivity index (χ0n) is 10.3. The number of hydrogen-bond donors (Lipinski definition) is 1. The van der Waals surface area contributed by atoms with E-state index in [1.165, 1.54) is 13.2 Å². The van der Waals surface area contributed by atoms with Gasteiger partial charge in [-0.05, 0) is 45.0 Å². The van der Waals surface area contributed by atoms with E-state index in [9.17, 15) is 4.39 Å². The van der Waals surface area contributed by atoms with E-state index >= 15 is 0 Å². The normalized spacial score (nSPS) is 18.8. The molecule has 0 spiro atoms. The third kappa shape index (κ3) is 2.69. The molecule has 2 rings (SSSR count). The average molecular weight is 239 g/mol. The quantitative estimate of drug-likeness (QED) is 0.878. The maximum atomic E-state index is 13.7. The molecule has 94 valence electrons. The zero-order chi connectivity index (χ0) is 12.3. The molecule has 0 amide bonds. The van der Waals surface area contributed by atoms with Crippen LogP contribution in [-0.4, -0.2) is 25.8 Å². The molecule has 0 aromatic heterocycles. The Bertz CT molecular complexity index is 389. The molecule has 0 radical (unpaired) electrons. The Labute approximate surface area is 101 Å². The molecule has 0 bridgehead atoms. The third-order valence-corrected chi connectivity index (χ3v) is 3.16. The Hall–Kier alpha value is -1.29. The summed E-state index contributed by atoms with van der Waals surface area (Å²) in [5, 5.41) is 3.26. The minimum atomic E-state index is -0.371. The van der Waals surface area contributed by atoms with Crippen molar-refractivity contribution in [3.63, 3.8) is 0 Å². The first-order valence-corrected chi connectivity index (χ1v) is 5.87. The van der Waals surface area contributed by atoms with Gasteiger partial charge >= 0.3 is 0 Å². The summed E-state index contributed by atoms with van der Waals surface area (Å²) in [6, 6.07) is 4.72. The molecule has 1 N–H and O–H groups in total. The lowest BCUT2D eigenvalue weighted by atomic mass is 9.94. The molecule has 1 fully saturated rings. The molecule has 1 aromatic carbocycles. The smallest absolute Gasteiger partial charge is 0.197 e. The van der Waals surface area contributed by atoms with Crippen LogP contribution in [0.1, 0.15) is 19.8 Å². The maximum absolute atomic E-state index is 13.7. The third-order valence-electron chi connectivity index (χ3n) is 3.16. The molecule has 17 heavy (non-hydrogen) atoms. The number of nitrogens with one attached hydrogen (secondary N) is 1.